The van der Waals surface area contributed by atoms with Gasteiger partial charge in [0.1, 0.15) is 29.5 Å². The molecule has 7 nitrogen and oxygen atoms in total. The molecule has 2 N–H and O–H groups in total. The molecule has 0 bridgehead atoms. The number of aromatic amines is 1. The number of ether oxygens (including phenoxy) is 1. The van der Waals surface area contributed by atoms with Crippen LogP contribution in [0.4, 0.5) is 4.39 Å². The lowest BCUT2D eigenvalue weighted by molar-refractivity contribution is 0.295. The van der Waals surface area contributed by atoms with Gasteiger partial charge in [-0.3, -0.25) is 14.8 Å². The van der Waals surface area contributed by atoms with Crippen molar-refractivity contribution in [3.8, 4) is 5.75 Å². The van der Waals surface area contributed by atoms with Gasteiger partial charge in [0.05, 0.1) is 16.1 Å². The van der Waals surface area contributed by atoms with E-state index in [1.54, 1.807) is 24.7 Å². The topological polar surface area (TPSA) is 92.8 Å². The molecule has 0 aliphatic rings. The van der Waals surface area contributed by atoms with Gasteiger partial charge in [0, 0.05) is 37.7 Å². The van der Waals surface area contributed by atoms with Crippen molar-refractivity contribution in [2.75, 3.05) is 0 Å². The van der Waals surface area contributed by atoms with E-state index < -0.39 is 5.82 Å². The summed E-state index contributed by atoms with van der Waals surface area (Å²) in [5.41, 5.74) is 1.89. The van der Waals surface area contributed by atoms with Gasteiger partial charge < -0.3 is 15.0 Å². The third-order valence-corrected chi connectivity index (χ3v) is 4.65. The minimum atomic E-state index is -0.532. The number of rotatable bonds is 7. The zero-order chi connectivity index (χ0) is 20.9. The van der Waals surface area contributed by atoms with Crippen molar-refractivity contribution in [2.24, 2.45) is 0 Å². The Balaban J connectivity index is 1.52. The Kier molecular flexibility index (Phi) is 5.97. The molecular weight excluding hydrogens is 409 g/mol. The molecule has 0 unspecified atom stereocenters. The third-order valence-electron chi connectivity index (χ3n) is 4.36. The van der Waals surface area contributed by atoms with E-state index in [4.69, 9.17) is 16.3 Å². The third kappa shape index (κ3) is 4.61. The number of H-pyrrole nitrogens is 1. The van der Waals surface area contributed by atoms with E-state index >= 15 is 0 Å². The molecule has 0 aliphatic heterocycles. The van der Waals surface area contributed by atoms with Crippen LogP contribution in [-0.2, 0) is 19.7 Å². The molecule has 4 rings (SSSR count). The van der Waals surface area contributed by atoms with E-state index in [9.17, 15) is 9.18 Å². The number of hydrogen-bond donors (Lipinski definition) is 2. The summed E-state index contributed by atoms with van der Waals surface area (Å²) < 4.78 is 18.9. The normalized spacial score (nSPS) is 11.0. The van der Waals surface area contributed by atoms with Crippen LogP contribution in [0.5, 0.6) is 5.75 Å². The highest BCUT2D eigenvalue weighted by atomic mass is 35.5. The second-order valence-electron chi connectivity index (χ2n) is 6.50. The van der Waals surface area contributed by atoms with E-state index in [0.29, 0.717) is 41.3 Å². The van der Waals surface area contributed by atoms with Gasteiger partial charge in [-0.25, -0.2) is 9.37 Å². The average molecular weight is 426 g/mol. The Morgan fingerprint density at radius 3 is 2.87 bits per heavy atom. The Labute approximate surface area is 175 Å². The summed E-state index contributed by atoms with van der Waals surface area (Å²) in [6.07, 6.45) is 5.08. The van der Waals surface area contributed by atoms with Gasteiger partial charge in [0.15, 0.2) is 0 Å². The van der Waals surface area contributed by atoms with Crippen molar-refractivity contribution in [1.29, 1.82) is 0 Å². The predicted molar refractivity (Wildman–Crippen MR) is 111 cm³/mol. The van der Waals surface area contributed by atoms with E-state index in [1.165, 1.54) is 18.2 Å². The molecule has 152 valence electrons. The van der Waals surface area contributed by atoms with E-state index in [-0.39, 0.29) is 17.2 Å². The number of halogens is 2. The standard InChI is InChI=1S/C21H17ClFN5O2/c22-16-8-14(3-4-17(16)23)30-12-19-27-20-15(21(29)28-19)5-7-26-18(20)11-25-10-13-2-1-6-24-9-13/h1-9,25H,10-12H2,(H,27,28,29). The Morgan fingerprint density at radius 1 is 1.17 bits per heavy atom. The summed E-state index contributed by atoms with van der Waals surface area (Å²) >= 11 is 5.76. The average Bonchev–Trinajstić information content (AvgIpc) is 2.76. The summed E-state index contributed by atoms with van der Waals surface area (Å²) in [6, 6.07) is 9.49. The van der Waals surface area contributed by atoms with E-state index in [2.05, 4.69) is 25.3 Å². The van der Waals surface area contributed by atoms with Gasteiger partial charge in [-0.15, -0.1) is 0 Å². The summed E-state index contributed by atoms with van der Waals surface area (Å²) in [5.74, 6) is 0.166. The molecular formula is C21H17ClFN5O2. The minimum absolute atomic E-state index is 0.00934. The summed E-state index contributed by atoms with van der Waals surface area (Å²) in [4.78, 5) is 28.1. The molecule has 0 amide bonds. The first-order valence-corrected chi connectivity index (χ1v) is 9.52. The zero-order valence-electron chi connectivity index (χ0n) is 15.7. The van der Waals surface area contributed by atoms with Crippen LogP contribution in [0, 0.1) is 5.82 Å². The number of aromatic nitrogens is 4. The van der Waals surface area contributed by atoms with Gasteiger partial charge in [0.25, 0.3) is 5.56 Å². The minimum Gasteiger partial charge on any atom is -0.486 e. The van der Waals surface area contributed by atoms with Gasteiger partial charge in [0.2, 0.25) is 0 Å². The van der Waals surface area contributed by atoms with Gasteiger partial charge in [-0.05, 0) is 29.8 Å². The quantitative estimate of drug-likeness (QED) is 0.471. The van der Waals surface area contributed by atoms with Crippen LogP contribution in [0.15, 0.2) is 59.8 Å². The molecule has 3 heterocycles. The van der Waals surface area contributed by atoms with Crippen LogP contribution in [0.25, 0.3) is 10.9 Å². The van der Waals surface area contributed by atoms with Gasteiger partial charge in [-0.1, -0.05) is 17.7 Å². The number of nitrogens with one attached hydrogen (secondary N) is 2. The molecule has 0 spiro atoms. The highest BCUT2D eigenvalue weighted by molar-refractivity contribution is 6.30. The monoisotopic (exact) mass is 425 g/mol. The molecule has 0 fully saturated rings. The Bertz CT molecular complexity index is 1230. The largest absolute Gasteiger partial charge is 0.486 e. The predicted octanol–water partition coefficient (Wildman–Crippen LogP) is 3.37. The molecule has 1 aromatic carbocycles. The highest BCUT2D eigenvalue weighted by Gasteiger charge is 2.10. The first kappa shape index (κ1) is 19.9. The SMILES string of the molecule is O=c1[nH]c(COc2ccc(F)c(Cl)c2)nc2c(CNCc3cccnc3)nccc12. The fraction of sp³-hybridized carbons (Fsp3) is 0.143. The fourth-order valence-corrected chi connectivity index (χ4v) is 3.08. The molecule has 9 heteroatoms. The smallest absolute Gasteiger partial charge is 0.258 e. The van der Waals surface area contributed by atoms with Crippen molar-refractivity contribution in [2.45, 2.75) is 19.7 Å². The second kappa shape index (κ2) is 8.98. The molecule has 4 aromatic rings. The lowest BCUT2D eigenvalue weighted by Crippen LogP contribution is -2.18. The van der Waals surface area contributed by atoms with Crippen molar-refractivity contribution in [3.63, 3.8) is 0 Å². The molecule has 0 atom stereocenters. The maximum absolute atomic E-state index is 13.3. The van der Waals surface area contributed by atoms with Crippen LogP contribution < -0.4 is 15.6 Å². The van der Waals surface area contributed by atoms with Crippen molar-refractivity contribution in [1.82, 2.24) is 25.3 Å². The first-order chi connectivity index (χ1) is 14.6. The maximum Gasteiger partial charge on any atom is 0.258 e. The molecule has 0 aliphatic carbocycles. The van der Waals surface area contributed by atoms with Crippen LogP contribution in [0.3, 0.4) is 0 Å². The second-order valence-corrected chi connectivity index (χ2v) is 6.90. The van der Waals surface area contributed by atoms with Gasteiger partial charge in [-0.2, -0.15) is 0 Å². The molecule has 0 saturated heterocycles. The van der Waals surface area contributed by atoms with Crippen LogP contribution in [0.1, 0.15) is 17.1 Å². The van der Waals surface area contributed by atoms with Gasteiger partial charge >= 0.3 is 0 Å². The van der Waals surface area contributed by atoms with Crippen LogP contribution in [0.2, 0.25) is 5.02 Å². The summed E-state index contributed by atoms with van der Waals surface area (Å²) in [5, 5.41) is 3.68. The molecule has 0 saturated carbocycles. The van der Waals surface area contributed by atoms with Crippen molar-refractivity contribution >= 4 is 22.5 Å². The lowest BCUT2D eigenvalue weighted by Gasteiger charge is -2.09. The number of fused-ring (bicyclic) bond motifs is 1. The first-order valence-electron chi connectivity index (χ1n) is 9.14. The van der Waals surface area contributed by atoms with E-state index in [0.717, 1.165) is 5.56 Å². The van der Waals surface area contributed by atoms with Crippen molar-refractivity contribution in [3.05, 3.63) is 93.3 Å². The highest BCUT2D eigenvalue weighted by Crippen LogP contribution is 2.21. The summed E-state index contributed by atoms with van der Waals surface area (Å²) in [6.45, 7) is 1.03. The Hall–Kier alpha value is -3.36. The number of benzene rings is 1. The van der Waals surface area contributed by atoms with Crippen LogP contribution >= 0.6 is 11.6 Å². The van der Waals surface area contributed by atoms with Crippen molar-refractivity contribution < 1.29 is 9.13 Å². The number of pyridine rings is 2. The molecule has 3 aromatic heterocycles. The van der Waals surface area contributed by atoms with Crippen LogP contribution in [-0.4, -0.2) is 19.9 Å². The molecule has 0 radical (unpaired) electrons. The summed E-state index contributed by atoms with van der Waals surface area (Å²) in [7, 11) is 0. The fourth-order valence-electron chi connectivity index (χ4n) is 2.91. The lowest BCUT2D eigenvalue weighted by atomic mass is 10.2. The zero-order valence-corrected chi connectivity index (χ0v) is 16.5. The molecule has 30 heavy (non-hydrogen) atoms. The number of nitrogens with zero attached hydrogens (tertiary/aromatic N) is 3. The maximum atomic E-state index is 13.3. The Morgan fingerprint density at radius 2 is 2.07 bits per heavy atom. The number of hydrogen-bond acceptors (Lipinski definition) is 6. The van der Waals surface area contributed by atoms with E-state index in [1.807, 2.05) is 12.1 Å².